The fourth-order valence-corrected chi connectivity index (χ4v) is 4.88. The molecule has 0 aliphatic carbocycles. The van der Waals surface area contributed by atoms with Gasteiger partial charge in [0.05, 0.1) is 5.69 Å². The molecule has 0 saturated carbocycles. The number of carbonyl (C=O) groups is 3. The summed E-state index contributed by atoms with van der Waals surface area (Å²) >= 11 is 15.9. The van der Waals surface area contributed by atoms with E-state index in [2.05, 4.69) is 21.2 Å². The molecule has 36 heavy (non-hydrogen) atoms. The third-order valence-electron chi connectivity index (χ3n) is 5.98. The Hall–Kier alpha value is -3.39. The molecule has 5 rings (SSSR count). The van der Waals surface area contributed by atoms with E-state index in [0.717, 1.165) is 31.4 Å². The maximum atomic E-state index is 13.4. The van der Waals surface area contributed by atoms with E-state index >= 15 is 0 Å². The standard InChI is InChI=1S/C27H18BrCl2N3O3/c1-15-10-19(8-9-22(15)28)33-26(35)21(25(34)31-27(33)36)11-17-14-32(24-5-3-2-4-20(17)24)13-16-6-7-18(29)12-23(16)30/h2-12,14H,13H2,1H3,(H,31,34,36)/b21-11+. The number of halogens is 3. The van der Waals surface area contributed by atoms with Gasteiger partial charge in [0.1, 0.15) is 5.57 Å². The Kier molecular flexibility index (Phi) is 6.47. The Balaban J connectivity index is 1.57. The molecular formula is C27H18BrCl2N3O3. The molecular weight excluding hydrogens is 565 g/mol. The molecule has 6 nitrogen and oxygen atoms in total. The zero-order chi connectivity index (χ0) is 25.6. The molecule has 9 heteroatoms. The molecule has 0 unspecified atom stereocenters. The average molecular weight is 583 g/mol. The number of barbiturate groups is 1. The van der Waals surface area contributed by atoms with Crippen molar-refractivity contribution in [3.63, 3.8) is 0 Å². The number of hydrogen-bond donors (Lipinski definition) is 1. The summed E-state index contributed by atoms with van der Waals surface area (Å²) in [6.45, 7) is 2.31. The highest BCUT2D eigenvalue weighted by Gasteiger charge is 2.37. The number of nitrogens with one attached hydrogen (secondary N) is 1. The predicted octanol–water partition coefficient (Wildman–Crippen LogP) is 6.73. The van der Waals surface area contributed by atoms with Crippen LogP contribution in [0.15, 0.2) is 76.9 Å². The van der Waals surface area contributed by atoms with Crippen molar-refractivity contribution in [1.82, 2.24) is 9.88 Å². The van der Waals surface area contributed by atoms with E-state index in [4.69, 9.17) is 23.2 Å². The lowest BCUT2D eigenvalue weighted by atomic mass is 10.1. The van der Waals surface area contributed by atoms with Crippen LogP contribution in [0, 0.1) is 6.92 Å². The monoisotopic (exact) mass is 581 g/mol. The van der Waals surface area contributed by atoms with E-state index < -0.39 is 17.8 Å². The van der Waals surface area contributed by atoms with Gasteiger partial charge in [-0.25, -0.2) is 9.69 Å². The third kappa shape index (κ3) is 4.46. The minimum Gasteiger partial charge on any atom is -0.342 e. The van der Waals surface area contributed by atoms with Gasteiger partial charge in [0.25, 0.3) is 11.8 Å². The average Bonchev–Trinajstić information content (AvgIpc) is 3.18. The van der Waals surface area contributed by atoms with E-state index in [-0.39, 0.29) is 5.57 Å². The van der Waals surface area contributed by atoms with Crippen molar-refractivity contribution in [3.8, 4) is 0 Å². The first-order chi connectivity index (χ1) is 17.2. The van der Waals surface area contributed by atoms with Crippen molar-refractivity contribution >= 4 is 79.6 Å². The summed E-state index contributed by atoms with van der Waals surface area (Å²) in [6, 6.07) is 17.3. The van der Waals surface area contributed by atoms with Crippen LogP contribution >= 0.6 is 39.1 Å². The predicted molar refractivity (Wildman–Crippen MR) is 145 cm³/mol. The molecule has 1 aliphatic heterocycles. The second-order valence-corrected chi connectivity index (χ2v) is 10.1. The fraction of sp³-hybridized carbons (Fsp3) is 0.0741. The van der Waals surface area contributed by atoms with Crippen LogP contribution in [0.25, 0.3) is 17.0 Å². The molecule has 0 spiro atoms. The lowest BCUT2D eigenvalue weighted by Crippen LogP contribution is -2.54. The van der Waals surface area contributed by atoms with Crippen LogP contribution in [0.2, 0.25) is 10.0 Å². The number of aryl methyl sites for hydroxylation is 1. The Morgan fingerprint density at radius 2 is 1.78 bits per heavy atom. The minimum atomic E-state index is -0.788. The Bertz CT molecular complexity index is 1610. The second-order valence-electron chi connectivity index (χ2n) is 8.36. The van der Waals surface area contributed by atoms with Gasteiger partial charge in [0.15, 0.2) is 0 Å². The molecule has 1 fully saturated rings. The van der Waals surface area contributed by atoms with Gasteiger partial charge in [-0.3, -0.25) is 14.9 Å². The number of para-hydroxylation sites is 1. The van der Waals surface area contributed by atoms with Gasteiger partial charge >= 0.3 is 6.03 Å². The van der Waals surface area contributed by atoms with Crippen molar-refractivity contribution in [1.29, 1.82) is 0 Å². The molecule has 4 aromatic rings. The van der Waals surface area contributed by atoms with Crippen LogP contribution in [0.4, 0.5) is 10.5 Å². The van der Waals surface area contributed by atoms with E-state index in [1.165, 1.54) is 6.08 Å². The van der Waals surface area contributed by atoms with Crippen LogP contribution in [0.5, 0.6) is 0 Å². The molecule has 1 aromatic heterocycles. The maximum absolute atomic E-state index is 13.4. The molecule has 0 radical (unpaired) electrons. The number of aromatic nitrogens is 1. The highest BCUT2D eigenvalue weighted by molar-refractivity contribution is 9.10. The molecule has 1 N–H and O–H groups in total. The molecule has 1 saturated heterocycles. The van der Waals surface area contributed by atoms with Gasteiger partial charge in [0, 0.05) is 43.7 Å². The van der Waals surface area contributed by atoms with Gasteiger partial charge < -0.3 is 4.57 Å². The SMILES string of the molecule is Cc1cc(N2C(=O)NC(=O)/C(=C\c3cn(Cc4ccc(Cl)cc4Cl)c4ccccc34)C2=O)ccc1Br. The summed E-state index contributed by atoms with van der Waals surface area (Å²) in [7, 11) is 0. The number of fused-ring (bicyclic) bond motifs is 1. The minimum absolute atomic E-state index is 0.136. The van der Waals surface area contributed by atoms with Crippen molar-refractivity contribution in [2.24, 2.45) is 0 Å². The van der Waals surface area contributed by atoms with Crippen LogP contribution in [0.3, 0.4) is 0 Å². The number of amides is 4. The molecule has 0 bridgehead atoms. The first kappa shape index (κ1) is 24.3. The van der Waals surface area contributed by atoms with Crippen LogP contribution in [-0.2, 0) is 16.1 Å². The second kappa shape index (κ2) is 9.58. The lowest BCUT2D eigenvalue weighted by Gasteiger charge is -2.26. The topological polar surface area (TPSA) is 71.4 Å². The summed E-state index contributed by atoms with van der Waals surface area (Å²) in [5.74, 6) is -1.43. The number of rotatable bonds is 4. The normalized spacial score (nSPS) is 15.2. The summed E-state index contributed by atoms with van der Waals surface area (Å²) in [5, 5.41) is 4.22. The summed E-state index contributed by atoms with van der Waals surface area (Å²) < 4.78 is 2.83. The van der Waals surface area contributed by atoms with E-state index in [0.29, 0.717) is 27.8 Å². The fourth-order valence-electron chi connectivity index (χ4n) is 4.17. The zero-order valence-corrected chi connectivity index (χ0v) is 22.0. The number of carbonyl (C=O) groups excluding carboxylic acids is 3. The maximum Gasteiger partial charge on any atom is 0.335 e. The van der Waals surface area contributed by atoms with Crippen molar-refractivity contribution in [2.45, 2.75) is 13.5 Å². The molecule has 0 atom stereocenters. The van der Waals surface area contributed by atoms with Gasteiger partial charge in [-0.2, -0.15) is 0 Å². The smallest absolute Gasteiger partial charge is 0.335 e. The number of benzene rings is 3. The zero-order valence-electron chi connectivity index (χ0n) is 18.9. The van der Waals surface area contributed by atoms with Crippen LogP contribution in [0.1, 0.15) is 16.7 Å². The summed E-state index contributed by atoms with van der Waals surface area (Å²) in [6.07, 6.45) is 3.37. The largest absolute Gasteiger partial charge is 0.342 e. The Morgan fingerprint density at radius 1 is 1.00 bits per heavy atom. The van der Waals surface area contributed by atoms with Gasteiger partial charge in [0.2, 0.25) is 0 Å². The first-order valence-electron chi connectivity index (χ1n) is 10.9. The quantitative estimate of drug-likeness (QED) is 0.214. The number of anilines is 1. The molecule has 4 amide bonds. The first-order valence-corrected chi connectivity index (χ1v) is 12.5. The van der Waals surface area contributed by atoms with E-state index in [1.54, 1.807) is 30.3 Å². The number of hydrogen-bond acceptors (Lipinski definition) is 3. The van der Waals surface area contributed by atoms with Gasteiger partial charge in [-0.1, -0.05) is 63.4 Å². The van der Waals surface area contributed by atoms with Gasteiger partial charge in [-0.05, 0) is 60.5 Å². The van der Waals surface area contributed by atoms with E-state index in [9.17, 15) is 14.4 Å². The van der Waals surface area contributed by atoms with E-state index in [1.807, 2.05) is 48.0 Å². The number of nitrogens with zero attached hydrogens (tertiary/aromatic N) is 2. The Labute approximate surface area is 225 Å². The molecule has 3 aromatic carbocycles. The summed E-state index contributed by atoms with van der Waals surface area (Å²) in [5.41, 5.74) is 3.51. The summed E-state index contributed by atoms with van der Waals surface area (Å²) in [4.78, 5) is 39.7. The lowest BCUT2D eigenvalue weighted by molar-refractivity contribution is -0.122. The van der Waals surface area contributed by atoms with Gasteiger partial charge in [-0.15, -0.1) is 0 Å². The van der Waals surface area contributed by atoms with Crippen molar-refractivity contribution < 1.29 is 14.4 Å². The molecule has 1 aliphatic rings. The Morgan fingerprint density at radius 3 is 2.53 bits per heavy atom. The number of imide groups is 2. The third-order valence-corrected chi connectivity index (χ3v) is 7.45. The van der Waals surface area contributed by atoms with Crippen molar-refractivity contribution in [2.75, 3.05) is 4.90 Å². The molecule has 180 valence electrons. The highest BCUT2D eigenvalue weighted by Crippen LogP contribution is 2.30. The highest BCUT2D eigenvalue weighted by atomic mass is 79.9. The van der Waals surface area contributed by atoms with Crippen LogP contribution < -0.4 is 10.2 Å². The molecule has 2 heterocycles. The van der Waals surface area contributed by atoms with Crippen LogP contribution in [-0.4, -0.2) is 22.4 Å². The number of urea groups is 1. The van der Waals surface area contributed by atoms with Crippen molar-refractivity contribution in [3.05, 3.63) is 104 Å².